The zero-order valence-corrected chi connectivity index (χ0v) is 17.8. The molecule has 1 amide bonds. The minimum atomic E-state index is -0.497. The van der Waals surface area contributed by atoms with Crippen molar-refractivity contribution in [1.29, 1.82) is 10.5 Å². The minimum Gasteiger partial charge on any atom is -0.444 e. The molecule has 28 heavy (non-hydrogen) atoms. The van der Waals surface area contributed by atoms with E-state index in [2.05, 4.69) is 26.6 Å². The van der Waals surface area contributed by atoms with Crippen LogP contribution in [0, 0.1) is 22.7 Å². The lowest BCUT2D eigenvalue weighted by atomic mass is 10.0. The molecule has 1 aliphatic heterocycles. The van der Waals surface area contributed by atoms with Gasteiger partial charge in [-0.15, -0.1) is 0 Å². The average molecular weight is 446 g/mol. The van der Waals surface area contributed by atoms with Gasteiger partial charge in [0.2, 0.25) is 0 Å². The molecule has 0 atom stereocenters. The summed E-state index contributed by atoms with van der Waals surface area (Å²) in [7, 11) is 0. The van der Waals surface area contributed by atoms with Crippen molar-refractivity contribution in [3.8, 4) is 12.1 Å². The Bertz CT molecular complexity index is 808. The molecular weight excluding hydrogens is 422 g/mol. The van der Waals surface area contributed by atoms with Gasteiger partial charge in [0.25, 0.3) is 0 Å². The fraction of sp³-hybridized carbons (Fsp3) is 0.450. The second-order valence-corrected chi connectivity index (χ2v) is 8.42. The van der Waals surface area contributed by atoms with E-state index in [4.69, 9.17) is 15.3 Å². The number of nitriles is 2. The van der Waals surface area contributed by atoms with Crippen molar-refractivity contribution in [3.63, 3.8) is 0 Å². The predicted octanol–water partition coefficient (Wildman–Crippen LogP) is 4.60. The SMILES string of the molecule is CC(C)(C)OC(=O)N1CCC(Nc2ccc(Br)cc2NC=C(C#N)C#N)CC1. The van der Waals surface area contributed by atoms with Gasteiger partial charge in [-0.2, -0.15) is 10.5 Å². The number of nitrogens with zero attached hydrogens (tertiary/aromatic N) is 3. The summed E-state index contributed by atoms with van der Waals surface area (Å²) < 4.78 is 6.31. The van der Waals surface area contributed by atoms with E-state index in [1.807, 2.05) is 51.1 Å². The van der Waals surface area contributed by atoms with Crippen LogP contribution in [0.5, 0.6) is 0 Å². The fourth-order valence-electron chi connectivity index (χ4n) is 2.75. The number of carbonyl (C=O) groups is 1. The van der Waals surface area contributed by atoms with E-state index >= 15 is 0 Å². The highest BCUT2D eigenvalue weighted by molar-refractivity contribution is 9.10. The Hall–Kier alpha value is -2.71. The molecule has 8 heteroatoms. The molecule has 1 heterocycles. The van der Waals surface area contributed by atoms with Crippen LogP contribution in [0.2, 0.25) is 0 Å². The van der Waals surface area contributed by atoms with E-state index in [0.717, 1.165) is 28.7 Å². The van der Waals surface area contributed by atoms with Gasteiger partial charge in [-0.05, 0) is 51.8 Å². The number of anilines is 2. The fourth-order valence-corrected chi connectivity index (χ4v) is 3.12. The van der Waals surface area contributed by atoms with E-state index in [9.17, 15) is 4.79 Å². The number of hydrogen-bond acceptors (Lipinski definition) is 6. The molecule has 1 aromatic carbocycles. The van der Waals surface area contributed by atoms with E-state index in [1.165, 1.54) is 6.20 Å². The number of ether oxygens (including phenoxy) is 1. The highest BCUT2D eigenvalue weighted by Gasteiger charge is 2.27. The maximum absolute atomic E-state index is 12.2. The van der Waals surface area contributed by atoms with Crippen LogP contribution < -0.4 is 10.6 Å². The summed E-state index contributed by atoms with van der Waals surface area (Å²) in [4.78, 5) is 13.9. The van der Waals surface area contributed by atoms with Gasteiger partial charge in [-0.1, -0.05) is 15.9 Å². The third kappa shape index (κ3) is 6.47. The molecule has 2 rings (SSSR count). The van der Waals surface area contributed by atoms with Gasteiger partial charge in [0, 0.05) is 29.8 Å². The number of halogens is 1. The molecule has 2 N–H and O–H groups in total. The molecule has 0 unspecified atom stereocenters. The Kier molecular flexibility index (Phi) is 7.31. The monoisotopic (exact) mass is 445 g/mol. The van der Waals surface area contributed by atoms with Crippen molar-refractivity contribution >= 4 is 33.4 Å². The molecule has 148 valence electrons. The second-order valence-electron chi connectivity index (χ2n) is 7.50. The minimum absolute atomic E-state index is 0.00315. The summed E-state index contributed by atoms with van der Waals surface area (Å²) >= 11 is 3.43. The van der Waals surface area contributed by atoms with Crippen LogP contribution in [0.15, 0.2) is 34.4 Å². The van der Waals surface area contributed by atoms with Crippen molar-refractivity contribution in [2.24, 2.45) is 0 Å². The number of nitrogens with one attached hydrogen (secondary N) is 2. The second kappa shape index (κ2) is 9.48. The van der Waals surface area contributed by atoms with E-state index in [-0.39, 0.29) is 17.7 Å². The molecule has 0 spiro atoms. The number of carbonyl (C=O) groups excluding carboxylic acids is 1. The van der Waals surface area contributed by atoms with Gasteiger partial charge >= 0.3 is 6.09 Å². The molecule has 7 nitrogen and oxygen atoms in total. The molecule has 0 aliphatic carbocycles. The van der Waals surface area contributed by atoms with Gasteiger partial charge in [-0.25, -0.2) is 4.79 Å². The molecule has 0 bridgehead atoms. The lowest BCUT2D eigenvalue weighted by molar-refractivity contribution is 0.0210. The molecular formula is C20H24BrN5O2. The molecule has 1 fully saturated rings. The first-order chi connectivity index (χ1) is 13.2. The number of rotatable bonds is 4. The van der Waals surface area contributed by atoms with Gasteiger partial charge in [0.05, 0.1) is 11.4 Å². The largest absolute Gasteiger partial charge is 0.444 e. The predicted molar refractivity (Wildman–Crippen MR) is 112 cm³/mol. The highest BCUT2D eigenvalue weighted by atomic mass is 79.9. The topological polar surface area (TPSA) is 101 Å². The van der Waals surface area contributed by atoms with Gasteiger partial charge in [-0.3, -0.25) is 0 Å². The maximum Gasteiger partial charge on any atom is 0.410 e. The summed E-state index contributed by atoms with van der Waals surface area (Å²) in [5.74, 6) is 0. The lowest BCUT2D eigenvalue weighted by Crippen LogP contribution is -2.44. The van der Waals surface area contributed by atoms with E-state index in [1.54, 1.807) is 4.90 Å². The first-order valence-electron chi connectivity index (χ1n) is 9.03. The van der Waals surface area contributed by atoms with Crippen LogP contribution in [0.25, 0.3) is 0 Å². The molecule has 1 aromatic rings. The van der Waals surface area contributed by atoms with Crippen LogP contribution >= 0.6 is 15.9 Å². The van der Waals surface area contributed by atoms with Crippen LogP contribution in [-0.4, -0.2) is 35.7 Å². The Morgan fingerprint density at radius 2 is 1.89 bits per heavy atom. The summed E-state index contributed by atoms with van der Waals surface area (Å²) in [6, 6.07) is 9.58. The Morgan fingerprint density at radius 3 is 2.46 bits per heavy atom. The first kappa shape index (κ1) is 21.6. The van der Waals surface area contributed by atoms with E-state index < -0.39 is 5.60 Å². The quantitative estimate of drug-likeness (QED) is 0.656. The van der Waals surface area contributed by atoms with E-state index in [0.29, 0.717) is 13.1 Å². The standard InChI is InChI=1S/C20H24BrN5O2/c1-20(2,3)28-19(27)26-8-6-16(7-9-26)25-17-5-4-15(21)10-18(17)24-13-14(11-22)12-23/h4-5,10,13,16,24-25H,6-9H2,1-3H3. The smallest absolute Gasteiger partial charge is 0.410 e. The molecule has 0 radical (unpaired) electrons. The molecule has 0 aromatic heterocycles. The first-order valence-corrected chi connectivity index (χ1v) is 9.82. The number of allylic oxidation sites excluding steroid dienone is 1. The number of likely N-dealkylation sites (tertiary alicyclic amines) is 1. The Labute approximate surface area is 174 Å². The van der Waals surface area contributed by atoms with Crippen LogP contribution in [0.4, 0.5) is 16.2 Å². The Morgan fingerprint density at radius 1 is 1.25 bits per heavy atom. The maximum atomic E-state index is 12.2. The summed E-state index contributed by atoms with van der Waals surface area (Å²) in [5, 5.41) is 24.3. The zero-order valence-electron chi connectivity index (χ0n) is 16.3. The van der Waals surface area contributed by atoms with Crippen molar-refractivity contribution in [2.75, 3.05) is 23.7 Å². The highest BCUT2D eigenvalue weighted by Crippen LogP contribution is 2.28. The van der Waals surface area contributed by atoms with Crippen molar-refractivity contribution in [2.45, 2.75) is 45.3 Å². The third-order valence-corrected chi connectivity index (χ3v) is 4.59. The van der Waals surface area contributed by atoms with Crippen LogP contribution in [0.3, 0.4) is 0 Å². The number of piperidine rings is 1. The van der Waals surface area contributed by atoms with Crippen LogP contribution in [-0.2, 0) is 4.74 Å². The normalized spacial score (nSPS) is 14.4. The van der Waals surface area contributed by atoms with Crippen molar-refractivity contribution in [1.82, 2.24) is 4.90 Å². The van der Waals surface area contributed by atoms with Crippen molar-refractivity contribution < 1.29 is 9.53 Å². The summed E-state index contributed by atoms with van der Waals surface area (Å²) in [6.07, 6.45) is 2.71. The van der Waals surface area contributed by atoms with Gasteiger partial charge in [0.15, 0.2) is 0 Å². The molecule has 1 aliphatic rings. The number of hydrogen-bond donors (Lipinski definition) is 2. The average Bonchev–Trinajstić information content (AvgIpc) is 2.63. The zero-order chi connectivity index (χ0) is 20.7. The molecule has 1 saturated heterocycles. The van der Waals surface area contributed by atoms with Crippen molar-refractivity contribution in [3.05, 3.63) is 34.4 Å². The number of benzene rings is 1. The lowest BCUT2D eigenvalue weighted by Gasteiger charge is -2.34. The third-order valence-electron chi connectivity index (χ3n) is 4.10. The van der Waals surface area contributed by atoms with Gasteiger partial charge < -0.3 is 20.3 Å². The summed E-state index contributed by atoms with van der Waals surface area (Å²) in [5.41, 5.74) is 1.12. The Balaban J connectivity index is 2.00. The van der Waals surface area contributed by atoms with Crippen LogP contribution in [0.1, 0.15) is 33.6 Å². The van der Waals surface area contributed by atoms with Gasteiger partial charge in [0.1, 0.15) is 23.3 Å². The summed E-state index contributed by atoms with van der Waals surface area (Å²) in [6.45, 7) is 6.83. The number of amides is 1. The molecule has 0 saturated carbocycles.